The van der Waals surface area contributed by atoms with Crippen LogP contribution in [0.4, 0.5) is 18.9 Å². The van der Waals surface area contributed by atoms with Crippen LogP contribution in [0.25, 0.3) is 10.8 Å². The van der Waals surface area contributed by atoms with Crippen LogP contribution in [0.2, 0.25) is 0 Å². The molecule has 0 radical (unpaired) electrons. The highest BCUT2D eigenvalue weighted by molar-refractivity contribution is 7.17. The fourth-order valence-electron chi connectivity index (χ4n) is 2.29. The Morgan fingerprint density at radius 3 is 2.34 bits per heavy atom. The molecule has 0 aliphatic heterocycles. The summed E-state index contributed by atoms with van der Waals surface area (Å²) in [6.45, 7) is 0.272. The third kappa shape index (κ3) is 5.35. The number of alkyl halides is 3. The van der Waals surface area contributed by atoms with Crippen molar-refractivity contribution in [3.05, 3.63) is 58.9 Å². The summed E-state index contributed by atoms with van der Waals surface area (Å²) in [4.78, 5) is 37.1. The van der Waals surface area contributed by atoms with Gasteiger partial charge in [-0.3, -0.25) is 9.59 Å². The van der Waals surface area contributed by atoms with E-state index < -0.39 is 24.5 Å². The fourth-order valence-corrected chi connectivity index (χ4v) is 3.20. The van der Waals surface area contributed by atoms with Crippen LogP contribution in [0.15, 0.2) is 42.7 Å². The van der Waals surface area contributed by atoms with Gasteiger partial charge in [-0.15, -0.1) is 11.3 Å². The molecule has 0 atom stereocenters. The van der Waals surface area contributed by atoms with Crippen molar-refractivity contribution >= 4 is 28.8 Å². The van der Waals surface area contributed by atoms with Gasteiger partial charge >= 0.3 is 6.18 Å². The molecule has 0 unspecified atom stereocenters. The van der Waals surface area contributed by atoms with E-state index in [9.17, 15) is 22.8 Å². The maximum absolute atomic E-state index is 12.5. The lowest BCUT2D eigenvalue weighted by atomic mass is 10.2. The van der Waals surface area contributed by atoms with E-state index in [0.717, 1.165) is 11.3 Å². The smallest absolute Gasteiger partial charge is 0.343 e. The molecule has 3 rings (SSSR count). The summed E-state index contributed by atoms with van der Waals surface area (Å²) in [6, 6.07) is 7.18. The van der Waals surface area contributed by atoms with E-state index in [1.165, 1.54) is 24.3 Å². The van der Waals surface area contributed by atoms with E-state index in [1.807, 2.05) is 0 Å². The number of anilines is 1. The molecule has 1 aromatic carbocycles. The highest BCUT2D eigenvalue weighted by Gasteiger charge is 2.27. The summed E-state index contributed by atoms with van der Waals surface area (Å²) in [5.74, 6) is -0.851. The lowest BCUT2D eigenvalue weighted by Crippen LogP contribution is -2.33. The van der Waals surface area contributed by atoms with E-state index >= 15 is 0 Å². The Balaban J connectivity index is 1.67. The Bertz CT molecular complexity index is 1020. The van der Waals surface area contributed by atoms with Gasteiger partial charge in [0.05, 0.1) is 5.69 Å². The molecule has 150 valence electrons. The van der Waals surface area contributed by atoms with Gasteiger partial charge in [-0.2, -0.15) is 13.2 Å². The summed E-state index contributed by atoms with van der Waals surface area (Å²) in [5, 5.41) is 4.95. The fraction of sp³-hybridized carbons (Fsp3) is 0.167. The summed E-state index contributed by atoms with van der Waals surface area (Å²) < 4.78 is 36.5. The van der Waals surface area contributed by atoms with Crippen LogP contribution in [0.5, 0.6) is 0 Å². The highest BCUT2D eigenvalue weighted by Crippen LogP contribution is 2.26. The van der Waals surface area contributed by atoms with Gasteiger partial charge in [0.2, 0.25) is 0 Å². The molecular weight excluding hydrogens is 407 g/mol. The molecule has 11 heteroatoms. The number of rotatable bonds is 5. The lowest BCUT2D eigenvalue weighted by Gasteiger charge is -2.09. The topological polar surface area (TPSA) is 96.9 Å². The first-order chi connectivity index (χ1) is 13.7. The second-order valence-electron chi connectivity index (χ2n) is 5.84. The molecule has 0 aliphatic rings. The first kappa shape index (κ1) is 20.4. The predicted octanol–water partition coefficient (Wildman–Crippen LogP) is 3.45. The number of benzene rings is 1. The minimum Gasteiger partial charge on any atom is -0.343 e. The van der Waals surface area contributed by atoms with Crippen LogP contribution in [0, 0.1) is 6.92 Å². The van der Waals surface area contributed by atoms with Crippen LogP contribution in [-0.4, -0.2) is 39.5 Å². The number of aryl methyl sites for hydroxylation is 1. The van der Waals surface area contributed by atoms with Crippen LogP contribution >= 0.6 is 11.3 Å². The lowest BCUT2D eigenvalue weighted by molar-refractivity contribution is -0.123. The van der Waals surface area contributed by atoms with Gasteiger partial charge in [0.1, 0.15) is 11.4 Å². The molecule has 29 heavy (non-hydrogen) atoms. The molecule has 2 heterocycles. The summed E-state index contributed by atoms with van der Waals surface area (Å²) in [5.41, 5.74) is 0.940. The molecule has 2 aromatic heterocycles. The largest absolute Gasteiger partial charge is 0.405 e. The van der Waals surface area contributed by atoms with E-state index in [1.54, 1.807) is 30.7 Å². The quantitative estimate of drug-likeness (QED) is 0.658. The van der Waals surface area contributed by atoms with Crippen LogP contribution in [-0.2, 0) is 0 Å². The number of thiazole rings is 1. The zero-order valence-electron chi connectivity index (χ0n) is 14.9. The first-order valence-electron chi connectivity index (χ1n) is 8.24. The molecule has 0 aliphatic carbocycles. The number of aromatic nitrogens is 3. The number of halogens is 3. The van der Waals surface area contributed by atoms with Gasteiger partial charge in [0, 0.05) is 23.6 Å². The standard InChI is InChI=1S/C18H14F3N5O2S/c1-10-13(29-17(25-10)14-22-7-2-8-23-14)16(28)26-12-5-3-11(4-6-12)15(27)24-9-18(19,20)21/h2-8H,9H2,1H3,(H,24,27)(H,26,28). The molecular formula is C18H14F3N5O2S. The molecule has 2 N–H and O–H groups in total. The van der Waals surface area contributed by atoms with E-state index in [4.69, 9.17) is 0 Å². The first-order valence-corrected chi connectivity index (χ1v) is 9.06. The maximum atomic E-state index is 12.5. The average molecular weight is 421 g/mol. The van der Waals surface area contributed by atoms with Gasteiger partial charge in [-0.1, -0.05) is 0 Å². The van der Waals surface area contributed by atoms with E-state index in [-0.39, 0.29) is 5.56 Å². The van der Waals surface area contributed by atoms with Crippen molar-refractivity contribution in [2.45, 2.75) is 13.1 Å². The summed E-state index contributed by atoms with van der Waals surface area (Å²) in [7, 11) is 0. The highest BCUT2D eigenvalue weighted by atomic mass is 32.1. The van der Waals surface area contributed by atoms with Crippen molar-refractivity contribution < 1.29 is 22.8 Å². The summed E-state index contributed by atoms with van der Waals surface area (Å²) >= 11 is 1.14. The Morgan fingerprint density at radius 2 is 1.72 bits per heavy atom. The second kappa shape index (κ2) is 8.35. The minimum atomic E-state index is -4.49. The van der Waals surface area contributed by atoms with Crippen LogP contribution < -0.4 is 10.6 Å². The Kier molecular flexibility index (Phi) is 5.87. The van der Waals surface area contributed by atoms with E-state index in [0.29, 0.717) is 27.1 Å². The van der Waals surface area contributed by atoms with Crippen LogP contribution in [0.1, 0.15) is 25.7 Å². The Labute approximate surface area is 167 Å². The average Bonchev–Trinajstić information content (AvgIpc) is 3.09. The number of hydrogen-bond donors (Lipinski definition) is 2. The van der Waals surface area contributed by atoms with Crippen molar-refractivity contribution in [2.75, 3.05) is 11.9 Å². The third-order valence-corrected chi connectivity index (χ3v) is 4.77. The van der Waals surface area contributed by atoms with Gasteiger partial charge in [-0.25, -0.2) is 15.0 Å². The third-order valence-electron chi connectivity index (χ3n) is 3.61. The number of nitrogens with one attached hydrogen (secondary N) is 2. The second-order valence-corrected chi connectivity index (χ2v) is 6.83. The number of carbonyl (C=O) groups excluding carboxylic acids is 2. The van der Waals surface area contributed by atoms with Crippen molar-refractivity contribution in [1.82, 2.24) is 20.3 Å². The van der Waals surface area contributed by atoms with E-state index in [2.05, 4.69) is 20.3 Å². The Morgan fingerprint density at radius 1 is 1.07 bits per heavy atom. The monoisotopic (exact) mass is 421 g/mol. The van der Waals surface area contributed by atoms with Gasteiger partial charge in [0.15, 0.2) is 10.8 Å². The number of hydrogen-bond acceptors (Lipinski definition) is 6. The Hall–Kier alpha value is -3.34. The van der Waals surface area contributed by atoms with Crippen LogP contribution in [0.3, 0.4) is 0 Å². The van der Waals surface area contributed by atoms with Crippen molar-refractivity contribution in [1.29, 1.82) is 0 Å². The van der Waals surface area contributed by atoms with Gasteiger partial charge in [0.25, 0.3) is 11.8 Å². The molecule has 7 nitrogen and oxygen atoms in total. The van der Waals surface area contributed by atoms with Crippen molar-refractivity contribution in [3.63, 3.8) is 0 Å². The zero-order valence-corrected chi connectivity index (χ0v) is 15.8. The van der Waals surface area contributed by atoms with Gasteiger partial charge in [-0.05, 0) is 37.3 Å². The molecule has 0 saturated carbocycles. The summed E-state index contributed by atoms with van der Waals surface area (Å²) in [6.07, 6.45) is -1.34. The minimum absolute atomic E-state index is 0.0460. The maximum Gasteiger partial charge on any atom is 0.405 e. The molecule has 0 bridgehead atoms. The molecule has 0 spiro atoms. The van der Waals surface area contributed by atoms with Crippen molar-refractivity contribution in [2.24, 2.45) is 0 Å². The number of amides is 2. The normalized spacial score (nSPS) is 11.2. The molecule has 0 fully saturated rings. The van der Waals surface area contributed by atoms with Gasteiger partial charge < -0.3 is 10.6 Å². The number of carbonyl (C=O) groups is 2. The van der Waals surface area contributed by atoms with Crippen molar-refractivity contribution in [3.8, 4) is 10.8 Å². The SMILES string of the molecule is Cc1nc(-c2ncccn2)sc1C(=O)Nc1ccc(C(=O)NCC(F)(F)F)cc1. The molecule has 3 aromatic rings. The predicted molar refractivity (Wildman–Crippen MR) is 101 cm³/mol. The molecule has 0 saturated heterocycles. The number of nitrogens with zero attached hydrogens (tertiary/aromatic N) is 3. The zero-order chi connectivity index (χ0) is 21.0. The molecule has 2 amide bonds.